The van der Waals surface area contributed by atoms with E-state index in [4.69, 9.17) is 11.6 Å². The summed E-state index contributed by atoms with van der Waals surface area (Å²) in [7, 11) is 0. The van der Waals surface area contributed by atoms with Gasteiger partial charge in [-0.3, -0.25) is 4.79 Å². The van der Waals surface area contributed by atoms with Gasteiger partial charge in [-0.15, -0.1) is 11.3 Å². The van der Waals surface area contributed by atoms with Crippen molar-refractivity contribution >= 4 is 34.8 Å². The molecule has 2 aromatic rings. The van der Waals surface area contributed by atoms with Crippen molar-refractivity contribution in [2.75, 3.05) is 0 Å². The Balaban J connectivity index is 1.85. The molecule has 108 valence electrons. The second-order valence-electron chi connectivity index (χ2n) is 5.41. The van der Waals surface area contributed by atoms with Crippen molar-refractivity contribution in [3.8, 4) is 10.6 Å². The highest BCUT2D eigenvalue weighted by Gasteiger charge is 2.22. The van der Waals surface area contributed by atoms with E-state index >= 15 is 0 Å². The number of benzene rings is 1. The van der Waals surface area contributed by atoms with Crippen LogP contribution in [0.4, 0.5) is 0 Å². The second-order valence-corrected chi connectivity index (χ2v) is 6.71. The first-order chi connectivity index (χ1) is 10.1. The van der Waals surface area contributed by atoms with Crippen LogP contribution in [0.25, 0.3) is 16.6 Å². The van der Waals surface area contributed by atoms with Crippen molar-refractivity contribution in [2.24, 2.45) is 5.92 Å². The van der Waals surface area contributed by atoms with E-state index in [9.17, 15) is 4.79 Å². The molecule has 3 rings (SSSR count). The fraction of sp³-hybridized carbons (Fsp3) is 0.294. The molecule has 0 unspecified atom stereocenters. The number of rotatable bonds is 2. The van der Waals surface area contributed by atoms with Crippen LogP contribution in [-0.4, -0.2) is 10.8 Å². The summed E-state index contributed by atoms with van der Waals surface area (Å²) in [5.74, 6) is 0.432. The maximum absolute atomic E-state index is 12.1. The van der Waals surface area contributed by atoms with Gasteiger partial charge in [0.05, 0.1) is 5.69 Å². The number of hydrogen-bond donors (Lipinski definition) is 0. The molecule has 1 saturated carbocycles. The Morgan fingerprint density at radius 2 is 2.10 bits per heavy atom. The van der Waals surface area contributed by atoms with Crippen molar-refractivity contribution < 1.29 is 4.79 Å². The third kappa shape index (κ3) is 3.25. The zero-order chi connectivity index (χ0) is 14.8. The standard InChI is InChI=1S/C17H16ClNOS/c1-11-3-2-4-13(16(11)20)9-15-10-21-17(19-15)12-5-7-14(18)8-6-12/h5-11H,2-4H2,1H3/b13-9-/t11-/m0/s1. The Kier molecular flexibility index (Phi) is 4.22. The maximum atomic E-state index is 12.1. The molecule has 0 amide bonds. The van der Waals surface area contributed by atoms with E-state index in [0.717, 1.165) is 46.1 Å². The van der Waals surface area contributed by atoms with Crippen LogP contribution in [0.2, 0.25) is 5.02 Å². The van der Waals surface area contributed by atoms with Crippen LogP contribution in [0.15, 0.2) is 35.2 Å². The normalized spacial score (nSPS) is 21.0. The average molecular weight is 318 g/mol. The highest BCUT2D eigenvalue weighted by atomic mass is 35.5. The Hall–Kier alpha value is -1.45. The van der Waals surface area contributed by atoms with Gasteiger partial charge in [-0.25, -0.2) is 4.98 Å². The minimum atomic E-state index is 0.152. The molecule has 2 nitrogen and oxygen atoms in total. The first-order valence-electron chi connectivity index (χ1n) is 7.10. The Bertz CT molecular complexity index is 687. The second kappa shape index (κ2) is 6.12. The summed E-state index contributed by atoms with van der Waals surface area (Å²) in [6, 6.07) is 7.66. The molecule has 0 saturated heterocycles. The van der Waals surface area contributed by atoms with E-state index in [2.05, 4.69) is 4.98 Å². The third-order valence-corrected chi connectivity index (χ3v) is 4.94. The van der Waals surface area contributed by atoms with Gasteiger partial charge in [0.25, 0.3) is 0 Å². The van der Waals surface area contributed by atoms with E-state index in [0.29, 0.717) is 0 Å². The number of ketones is 1. The van der Waals surface area contributed by atoms with Crippen LogP contribution in [0.5, 0.6) is 0 Å². The van der Waals surface area contributed by atoms with Gasteiger partial charge >= 0.3 is 0 Å². The van der Waals surface area contributed by atoms with Crippen molar-refractivity contribution in [1.29, 1.82) is 0 Å². The van der Waals surface area contributed by atoms with Gasteiger partial charge in [0, 0.05) is 21.9 Å². The number of Topliss-reactive ketones (excluding diaryl/α,β-unsaturated/α-hetero) is 1. The number of carbonyl (C=O) groups excluding carboxylic acids is 1. The number of nitrogens with zero attached hydrogens (tertiary/aromatic N) is 1. The van der Waals surface area contributed by atoms with Crippen LogP contribution in [0, 0.1) is 5.92 Å². The van der Waals surface area contributed by atoms with Crippen LogP contribution in [-0.2, 0) is 4.79 Å². The first-order valence-corrected chi connectivity index (χ1v) is 8.35. The number of carbonyl (C=O) groups is 1. The number of thiazole rings is 1. The van der Waals surface area contributed by atoms with Crippen molar-refractivity contribution in [1.82, 2.24) is 4.98 Å². The van der Waals surface area contributed by atoms with Crippen molar-refractivity contribution in [2.45, 2.75) is 26.2 Å². The molecule has 21 heavy (non-hydrogen) atoms. The SMILES string of the molecule is C[C@H]1CCC/C(=C/c2csc(-c3ccc(Cl)cc3)n2)C1=O. The van der Waals surface area contributed by atoms with Crippen LogP contribution >= 0.6 is 22.9 Å². The maximum Gasteiger partial charge on any atom is 0.161 e. The van der Waals surface area contributed by atoms with E-state index in [1.165, 1.54) is 0 Å². The lowest BCUT2D eigenvalue weighted by atomic mass is 9.85. The zero-order valence-corrected chi connectivity index (χ0v) is 13.4. The monoisotopic (exact) mass is 317 g/mol. The van der Waals surface area contributed by atoms with E-state index in [1.807, 2.05) is 42.6 Å². The highest BCUT2D eigenvalue weighted by Crippen LogP contribution is 2.29. The molecule has 0 N–H and O–H groups in total. The van der Waals surface area contributed by atoms with Crippen LogP contribution in [0.1, 0.15) is 31.9 Å². The molecule has 0 aliphatic heterocycles. The minimum Gasteiger partial charge on any atom is -0.294 e. The number of hydrogen-bond acceptors (Lipinski definition) is 3. The third-order valence-electron chi connectivity index (χ3n) is 3.78. The number of aromatic nitrogens is 1. The summed E-state index contributed by atoms with van der Waals surface area (Å²) in [6.07, 6.45) is 4.92. The fourth-order valence-electron chi connectivity index (χ4n) is 2.57. The minimum absolute atomic E-state index is 0.152. The van der Waals surface area contributed by atoms with Gasteiger partial charge in [0.2, 0.25) is 0 Å². The Morgan fingerprint density at radius 1 is 1.33 bits per heavy atom. The predicted octanol–water partition coefficient (Wildman–Crippen LogP) is 5.24. The quantitative estimate of drug-likeness (QED) is 0.709. The average Bonchev–Trinajstić information content (AvgIpc) is 2.93. The molecular weight excluding hydrogens is 302 g/mol. The zero-order valence-electron chi connectivity index (χ0n) is 11.8. The molecule has 1 aromatic carbocycles. The lowest BCUT2D eigenvalue weighted by Gasteiger charge is -2.18. The topological polar surface area (TPSA) is 30.0 Å². The first kappa shape index (κ1) is 14.5. The smallest absolute Gasteiger partial charge is 0.161 e. The largest absolute Gasteiger partial charge is 0.294 e. The molecule has 0 spiro atoms. The predicted molar refractivity (Wildman–Crippen MR) is 88.6 cm³/mol. The van der Waals surface area contributed by atoms with Gasteiger partial charge in [-0.1, -0.05) is 30.7 Å². The van der Waals surface area contributed by atoms with Crippen LogP contribution < -0.4 is 0 Å². The van der Waals surface area contributed by atoms with Gasteiger partial charge in [-0.2, -0.15) is 0 Å². The Morgan fingerprint density at radius 3 is 2.86 bits per heavy atom. The summed E-state index contributed by atoms with van der Waals surface area (Å²) in [5.41, 5.74) is 2.85. The molecule has 0 bridgehead atoms. The molecule has 1 heterocycles. The molecule has 1 aliphatic carbocycles. The summed E-state index contributed by atoms with van der Waals surface area (Å²) in [5, 5.41) is 3.68. The molecular formula is C17H16ClNOS. The van der Waals surface area contributed by atoms with Gasteiger partial charge < -0.3 is 0 Å². The van der Waals surface area contributed by atoms with Gasteiger partial charge in [-0.05, 0) is 43.0 Å². The molecule has 4 heteroatoms. The van der Waals surface area contributed by atoms with E-state index in [1.54, 1.807) is 11.3 Å². The van der Waals surface area contributed by atoms with Crippen molar-refractivity contribution in [3.05, 3.63) is 45.9 Å². The molecule has 1 fully saturated rings. The summed E-state index contributed by atoms with van der Waals surface area (Å²) in [6.45, 7) is 2.01. The van der Waals surface area contributed by atoms with Crippen LogP contribution in [0.3, 0.4) is 0 Å². The lowest BCUT2D eigenvalue weighted by molar-refractivity contribution is -0.119. The summed E-state index contributed by atoms with van der Waals surface area (Å²) in [4.78, 5) is 16.7. The molecule has 1 atom stereocenters. The lowest BCUT2D eigenvalue weighted by Crippen LogP contribution is -2.18. The van der Waals surface area contributed by atoms with E-state index < -0.39 is 0 Å². The van der Waals surface area contributed by atoms with Gasteiger partial charge in [0.15, 0.2) is 5.78 Å². The Labute approximate surface area is 133 Å². The van der Waals surface area contributed by atoms with E-state index in [-0.39, 0.29) is 11.7 Å². The summed E-state index contributed by atoms with van der Waals surface area (Å²) >= 11 is 7.49. The van der Waals surface area contributed by atoms with Crippen molar-refractivity contribution in [3.63, 3.8) is 0 Å². The highest BCUT2D eigenvalue weighted by molar-refractivity contribution is 7.13. The molecule has 0 radical (unpaired) electrons. The summed E-state index contributed by atoms with van der Waals surface area (Å²) < 4.78 is 0. The molecule has 1 aliphatic rings. The number of allylic oxidation sites excluding steroid dienone is 1. The molecule has 1 aromatic heterocycles. The van der Waals surface area contributed by atoms with Gasteiger partial charge in [0.1, 0.15) is 5.01 Å². The fourth-order valence-corrected chi connectivity index (χ4v) is 3.48. The number of halogens is 1.